The summed E-state index contributed by atoms with van der Waals surface area (Å²) in [7, 11) is 0. The van der Waals surface area contributed by atoms with Gasteiger partial charge in [0, 0.05) is 40.8 Å². The van der Waals surface area contributed by atoms with Crippen molar-refractivity contribution in [3.8, 4) is 0 Å². The summed E-state index contributed by atoms with van der Waals surface area (Å²) in [6.07, 6.45) is 4.66. The lowest BCUT2D eigenvalue weighted by atomic mass is 10.2. The van der Waals surface area contributed by atoms with Gasteiger partial charge >= 0.3 is 0 Å². The predicted octanol–water partition coefficient (Wildman–Crippen LogP) is 4.56. The molecule has 4 rings (SSSR count). The van der Waals surface area contributed by atoms with Gasteiger partial charge in [0.1, 0.15) is 5.76 Å². The Labute approximate surface area is 155 Å². The van der Waals surface area contributed by atoms with E-state index in [1.54, 1.807) is 18.0 Å². The van der Waals surface area contributed by atoms with Gasteiger partial charge in [0.15, 0.2) is 0 Å². The number of hydrogen-bond donors (Lipinski definition) is 1. The van der Waals surface area contributed by atoms with Gasteiger partial charge in [-0.2, -0.15) is 0 Å². The van der Waals surface area contributed by atoms with E-state index in [4.69, 9.17) is 4.42 Å². The number of hydrogen-bond acceptors (Lipinski definition) is 4. The molecule has 0 radical (unpaired) electrons. The van der Waals surface area contributed by atoms with Crippen molar-refractivity contribution >= 4 is 40.3 Å². The Morgan fingerprint density at radius 2 is 2.20 bits per heavy atom. The maximum absolute atomic E-state index is 12.6. The average molecular weight is 373 g/mol. The first-order chi connectivity index (χ1) is 12.3. The van der Waals surface area contributed by atoms with Crippen molar-refractivity contribution in [1.29, 1.82) is 0 Å². The topological polar surface area (TPSA) is 49.2 Å². The summed E-state index contributed by atoms with van der Waals surface area (Å²) in [5.74, 6) is 2.68. The summed E-state index contributed by atoms with van der Waals surface area (Å²) in [6.45, 7) is 1.61. The molecule has 3 heterocycles. The zero-order valence-corrected chi connectivity index (χ0v) is 15.4. The molecule has 1 amide bonds. The molecule has 0 aliphatic carbocycles. The van der Waals surface area contributed by atoms with E-state index in [0.717, 1.165) is 41.4 Å². The van der Waals surface area contributed by atoms with E-state index in [9.17, 15) is 4.79 Å². The summed E-state index contributed by atoms with van der Waals surface area (Å²) >= 11 is 3.50. The standard InChI is InChI=1S/C19H20N2O2S2/c22-19(13-25-18-12-20-15-5-2-1-4-14(15)18)21-8-7-17(24-11-9-21)16-6-3-10-23-16/h1-6,10,12,17,20H,7-9,11,13H2/t17-/m1/s1. The molecule has 2 aromatic heterocycles. The van der Waals surface area contributed by atoms with Gasteiger partial charge in [-0.1, -0.05) is 18.2 Å². The minimum atomic E-state index is 0.218. The van der Waals surface area contributed by atoms with Gasteiger partial charge in [-0.25, -0.2) is 0 Å². The molecular weight excluding hydrogens is 352 g/mol. The normalized spacial score (nSPS) is 18.4. The van der Waals surface area contributed by atoms with E-state index >= 15 is 0 Å². The number of carbonyl (C=O) groups excluding carboxylic acids is 1. The summed E-state index contributed by atoms with van der Waals surface area (Å²) in [6, 6.07) is 12.2. The summed E-state index contributed by atoms with van der Waals surface area (Å²) in [5, 5.41) is 1.54. The van der Waals surface area contributed by atoms with Crippen LogP contribution in [0.1, 0.15) is 17.4 Å². The largest absolute Gasteiger partial charge is 0.468 e. The van der Waals surface area contributed by atoms with Crippen LogP contribution >= 0.6 is 23.5 Å². The molecule has 0 spiro atoms. The third kappa shape index (κ3) is 3.75. The SMILES string of the molecule is O=C(CSc1c[nH]c2ccccc12)N1CCS[C@@H](c2ccco2)CC1. The van der Waals surface area contributed by atoms with Gasteiger partial charge in [0.25, 0.3) is 0 Å². The molecule has 1 aliphatic heterocycles. The van der Waals surface area contributed by atoms with Crippen LogP contribution in [0.2, 0.25) is 0 Å². The Bertz CT molecular complexity index is 844. The predicted molar refractivity (Wildman–Crippen MR) is 104 cm³/mol. The van der Waals surface area contributed by atoms with Crippen molar-refractivity contribution in [1.82, 2.24) is 9.88 Å². The molecule has 1 saturated heterocycles. The van der Waals surface area contributed by atoms with Crippen LogP contribution in [-0.4, -0.2) is 40.4 Å². The summed E-state index contributed by atoms with van der Waals surface area (Å²) in [4.78, 5) is 19.0. The van der Waals surface area contributed by atoms with Crippen molar-refractivity contribution in [2.24, 2.45) is 0 Å². The molecule has 1 aliphatic rings. The quantitative estimate of drug-likeness (QED) is 0.682. The lowest BCUT2D eigenvalue weighted by Crippen LogP contribution is -2.34. The van der Waals surface area contributed by atoms with E-state index in [1.165, 1.54) is 5.39 Å². The molecular formula is C19H20N2O2S2. The van der Waals surface area contributed by atoms with E-state index in [1.807, 2.05) is 47.1 Å². The lowest BCUT2D eigenvalue weighted by molar-refractivity contribution is -0.128. The molecule has 0 bridgehead atoms. The molecule has 1 fully saturated rings. The average Bonchev–Trinajstić information content (AvgIpc) is 3.25. The third-order valence-electron chi connectivity index (χ3n) is 4.46. The van der Waals surface area contributed by atoms with Gasteiger partial charge in [-0.3, -0.25) is 4.79 Å². The van der Waals surface area contributed by atoms with Gasteiger partial charge in [-0.05, 0) is 24.6 Å². The number of benzene rings is 1. The smallest absolute Gasteiger partial charge is 0.232 e. The van der Waals surface area contributed by atoms with Crippen LogP contribution in [-0.2, 0) is 4.79 Å². The molecule has 3 aromatic rings. The maximum atomic E-state index is 12.6. The Morgan fingerprint density at radius 3 is 3.08 bits per heavy atom. The number of carbonyl (C=O) groups is 1. The van der Waals surface area contributed by atoms with Gasteiger partial charge in [0.05, 0.1) is 17.3 Å². The molecule has 1 N–H and O–H groups in total. The number of H-pyrrole nitrogens is 1. The highest BCUT2D eigenvalue weighted by atomic mass is 32.2. The molecule has 1 atom stereocenters. The molecule has 25 heavy (non-hydrogen) atoms. The van der Waals surface area contributed by atoms with E-state index in [2.05, 4.69) is 17.1 Å². The highest BCUT2D eigenvalue weighted by Crippen LogP contribution is 2.35. The van der Waals surface area contributed by atoms with Crippen molar-refractivity contribution in [3.05, 3.63) is 54.6 Å². The van der Waals surface area contributed by atoms with Crippen LogP contribution in [0.25, 0.3) is 10.9 Å². The minimum absolute atomic E-state index is 0.218. The van der Waals surface area contributed by atoms with E-state index < -0.39 is 0 Å². The van der Waals surface area contributed by atoms with Crippen molar-refractivity contribution in [2.45, 2.75) is 16.6 Å². The Kier molecular flexibility index (Phi) is 5.08. The van der Waals surface area contributed by atoms with Crippen LogP contribution in [0.5, 0.6) is 0 Å². The zero-order valence-electron chi connectivity index (χ0n) is 13.8. The van der Waals surface area contributed by atoms with Gasteiger partial charge < -0.3 is 14.3 Å². The fraction of sp³-hybridized carbons (Fsp3) is 0.316. The third-order valence-corrected chi connectivity index (χ3v) is 6.79. The number of fused-ring (bicyclic) bond motifs is 1. The zero-order chi connectivity index (χ0) is 17.1. The second-order valence-corrected chi connectivity index (χ2v) is 8.36. The molecule has 130 valence electrons. The first-order valence-electron chi connectivity index (χ1n) is 8.43. The summed E-state index contributed by atoms with van der Waals surface area (Å²) in [5.41, 5.74) is 1.12. The molecule has 0 unspecified atom stereocenters. The first-order valence-corrected chi connectivity index (χ1v) is 10.5. The van der Waals surface area contributed by atoms with Gasteiger partial charge in [-0.15, -0.1) is 23.5 Å². The number of rotatable bonds is 4. The highest BCUT2D eigenvalue weighted by molar-refractivity contribution is 8.00. The molecule has 0 saturated carbocycles. The fourth-order valence-electron chi connectivity index (χ4n) is 3.12. The van der Waals surface area contributed by atoms with Crippen LogP contribution in [0, 0.1) is 0 Å². The van der Waals surface area contributed by atoms with E-state index in [-0.39, 0.29) is 5.91 Å². The number of thioether (sulfide) groups is 2. The molecule has 4 nitrogen and oxygen atoms in total. The van der Waals surface area contributed by atoms with Crippen molar-refractivity contribution < 1.29 is 9.21 Å². The van der Waals surface area contributed by atoms with Crippen LogP contribution in [0.15, 0.2) is 58.2 Å². The molecule has 6 heteroatoms. The minimum Gasteiger partial charge on any atom is -0.468 e. The Morgan fingerprint density at radius 1 is 1.28 bits per heavy atom. The van der Waals surface area contributed by atoms with Crippen molar-refractivity contribution in [3.63, 3.8) is 0 Å². The van der Waals surface area contributed by atoms with Crippen molar-refractivity contribution in [2.75, 3.05) is 24.6 Å². The number of nitrogens with zero attached hydrogens (tertiary/aromatic N) is 1. The van der Waals surface area contributed by atoms with Crippen LogP contribution < -0.4 is 0 Å². The maximum Gasteiger partial charge on any atom is 0.232 e. The highest BCUT2D eigenvalue weighted by Gasteiger charge is 2.23. The number of furan rings is 1. The monoisotopic (exact) mass is 372 g/mol. The summed E-state index contributed by atoms with van der Waals surface area (Å²) < 4.78 is 5.53. The fourth-order valence-corrected chi connectivity index (χ4v) is 5.23. The number of para-hydroxylation sites is 1. The number of amides is 1. The van der Waals surface area contributed by atoms with Crippen LogP contribution in [0.4, 0.5) is 0 Å². The second kappa shape index (κ2) is 7.62. The lowest BCUT2D eigenvalue weighted by Gasteiger charge is -2.19. The molecule has 1 aromatic carbocycles. The van der Waals surface area contributed by atoms with E-state index in [0.29, 0.717) is 11.0 Å². The Hall–Kier alpha value is -1.79. The Balaban J connectivity index is 1.35. The first kappa shape index (κ1) is 16.7. The van der Waals surface area contributed by atoms with Gasteiger partial charge in [0.2, 0.25) is 5.91 Å². The number of aromatic nitrogens is 1. The van der Waals surface area contributed by atoms with Crippen LogP contribution in [0.3, 0.4) is 0 Å². The number of aromatic amines is 1. The number of nitrogens with one attached hydrogen (secondary N) is 1. The second-order valence-electron chi connectivity index (χ2n) is 6.03.